The molecule has 0 aromatic heterocycles. The smallest absolute Gasteiger partial charge is 0.255 e. The van der Waals surface area contributed by atoms with Crippen LogP contribution in [0.3, 0.4) is 0 Å². The van der Waals surface area contributed by atoms with Gasteiger partial charge in [-0.05, 0) is 26.7 Å². The van der Waals surface area contributed by atoms with Crippen LogP contribution in [0, 0.1) is 0 Å². The Kier molecular flexibility index (Phi) is 3.70. The van der Waals surface area contributed by atoms with Gasteiger partial charge in [0.15, 0.2) is 0 Å². The van der Waals surface area contributed by atoms with Crippen molar-refractivity contribution in [2.24, 2.45) is 0 Å². The number of hydrogen-bond donors (Lipinski definition) is 0. The van der Waals surface area contributed by atoms with E-state index in [1.807, 2.05) is 0 Å². The molecule has 1 aliphatic carbocycles. The minimum absolute atomic E-state index is 0.170. The second-order valence-electron chi connectivity index (χ2n) is 3.65. The molecule has 1 rings (SSSR count). The van der Waals surface area contributed by atoms with Gasteiger partial charge in [0.25, 0.3) is 10.0 Å². The molecule has 0 aromatic rings. The number of rotatable bonds is 4. The summed E-state index contributed by atoms with van der Waals surface area (Å²) in [5.74, 6) is 0. The van der Waals surface area contributed by atoms with Crippen molar-refractivity contribution in [3.8, 4) is 0 Å². The van der Waals surface area contributed by atoms with E-state index in [2.05, 4.69) is 4.89 Å². The molecule has 0 aliphatic heterocycles. The third-order valence-corrected chi connectivity index (χ3v) is 3.69. The summed E-state index contributed by atoms with van der Waals surface area (Å²) in [7, 11) is -3.35. The van der Waals surface area contributed by atoms with E-state index in [1.165, 1.54) is 0 Å². The van der Waals surface area contributed by atoms with Gasteiger partial charge in [-0.25, -0.2) is 8.42 Å². The third kappa shape index (κ3) is 3.25. The molecule has 0 unspecified atom stereocenters. The van der Waals surface area contributed by atoms with Gasteiger partial charge in [-0.2, -0.15) is 0 Å². The lowest BCUT2D eigenvalue weighted by atomic mass is 10.4. The summed E-state index contributed by atoms with van der Waals surface area (Å²) in [5, 5.41) is -0.300. The van der Waals surface area contributed by atoms with Crippen LogP contribution in [0.2, 0.25) is 0 Å². The molecule has 1 aliphatic rings. The van der Waals surface area contributed by atoms with Gasteiger partial charge in [-0.1, -0.05) is 12.8 Å². The predicted molar refractivity (Wildman–Crippen MR) is 49.5 cm³/mol. The molecule has 5 heteroatoms. The lowest BCUT2D eigenvalue weighted by Gasteiger charge is -2.10. The van der Waals surface area contributed by atoms with E-state index >= 15 is 0 Å². The Balaban J connectivity index is 2.45. The summed E-state index contributed by atoms with van der Waals surface area (Å²) in [6.45, 7) is 3.52. The van der Waals surface area contributed by atoms with Crippen LogP contribution in [0.1, 0.15) is 39.5 Å². The first-order valence-corrected chi connectivity index (χ1v) is 6.14. The van der Waals surface area contributed by atoms with E-state index in [9.17, 15) is 8.42 Å². The summed E-state index contributed by atoms with van der Waals surface area (Å²) in [6, 6.07) is 0. The Morgan fingerprint density at radius 2 is 1.85 bits per heavy atom. The van der Waals surface area contributed by atoms with Crippen LogP contribution in [0.15, 0.2) is 0 Å². The second kappa shape index (κ2) is 4.39. The highest BCUT2D eigenvalue weighted by Gasteiger charge is 2.30. The van der Waals surface area contributed by atoms with Gasteiger partial charge in [0, 0.05) is 4.89 Å². The predicted octanol–water partition coefficient (Wildman–Crippen LogP) is 1.20. The maximum Gasteiger partial charge on any atom is 0.255 e. The lowest BCUT2D eigenvalue weighted by Crippen LogP contribution is -2.29. The molecule has 0 aromatic carbocycles. The highest BCUT2D eigenvalue weighted by Crippen LogP contribution is 2.24. The molecule has 0 spiro atoms. The molecule has 0 heterocycles. The zero-order chi connectivity index (χ0) is 9.90. The summed E-state index contributed by atoms with van der Waals surface area (Å²) in [4.78, 5) is 8.07. The van der Waals surface area contributed by atoms with Crippen molar-refractivity contribution in [3.63, 3.8) is 0 Å². The van der Waals surface area contributed by atoms with Crippen LogP contribution in [0.5, 0.6) is 0 Å². The summed E-state index contributed by atoms with van der Waals surface area (Å²) >= 11 is 0. The lowest BCUT2D eigenvalue weighted by molar-refractivity contribution is 0.0341. The van der Waals surface area contributed by atoms with Crippen LogP contribution in [0.4, 0.5) is 0 Å². The van der Waals surface area contributed by atoms with Gasteiger partial charge in [0.2, 0.25) is 0 Å². The number of hydrogen-bond acceptors (Lipinski definition) is 3. The van der Waals surface area contributed by atoms with E-state index in [-0.39, 0.29) is 11.4 Å². The van der Waals surface area contributed by atoms with Crippen LogP contribution < -0.4 is 4.89 Å². The van der Waals surface area contributed by atoms with Gasteiger partial charge in [-0.3, -0.25) is 4.84 Å². The van der Waals surface area contributed by atoms with E-state index in [4.69, 9.17) is 4.84 Å². The average molecular weight is 206 g/mol. The van der Waals surface area contributed by atoms with E-state index < -0.39 is 10.0 Å². The molecule has 1 saturated carbocycles. The average Bonchev–Trinajstić information content (AvgIpc) is 2.53. The van der Waals surface area contributed by atoms with Crippen LogP contribution >= 0.6 is 0 Å². The first kappa shape index (κ1) is 10.9. The van der Waals surface area contributed by atoms with Crippen molar-refractivity contribution >= 4 is 10.0 Å². The molecule has 1 radical (unpaired) electrons. The Morgan fingerprint density at radius 1 is 1.31 bits per heavy atom. The first-order chi connectivity index (χ1) is 6.02. The maximum atomic E-state index is 11.4. The topological polar surface area (TPSA) is 57.5 Å². The highest BCUT2D eigenvalue weighted by molar-refractivity contribution is 7.89. The van der Waals surface area contributed by atoms with Gasteiger partial charge < -0.3 is 0 Å². The fourth-order valence-electron chi connectivity index (χ4n) is 1.39. The number of nitrogens with zero attached hydrogens (tertiary/aromatic N) is 1. The Bertz CT molecular complexity index is 242. The summed E-state index contributed by atoms with van der Waals surface area (Å²) < 4.78 is 22.9. The van der Waals surface area contributed by atoms with Crippen molar-refractivity contribution in [1.29, 1.82) is 0 Å². The molecule has 0 amide bonds. The zero-order valence-electron chi connectivity index (χ0n) is 8.06. The minimum atomic E-state index is -3.35. The Hall–Kier alpha value is -0.130. The molecule has 0 saturated heterocycles. The molecular formula is C8H16NO3S. The monoisotopic (exact) mass is 206 g/mol. The quantitative estimate of drug-likeness (QED) is 0.649. The molecule has 13 heavy (non-hydrogen) atoms. The fraction of sp³-hybridized carbons (Fsp3) is 1.00. The molecule has 0 N–H and O–H groups in total. The standard InChI is InChI=1S/C8H16NO3S/c1-7(2)12-9-13(10,11)8-5-3-4-6-8/h7-8H,3-6H2,1-2H3. The van der Waals surface area contributed by atoms with Crippen molar-refractivity contribution in [1.82, 2.24) is 4.89 Å². The molecule has 0 bridgehead atoms. The van der Waals surface area contributed by atoms with Crippen LogP contribution in [0.25, 0.3) is 0 Å². The minimum Gasteiger partial charge on any atom is -0.264 e. The Labute approximate surface area is 79.7 Å². The van der Waals surface area contributed by atoms with E-state index in [1.54, 1.807) is 13.8 Å². The summed E-state index contributed by atoms with van der Waals surface area (Å²) in [6.07, 6.45) is 3.26. The van der Waals surface area contributed by atoms with Gasteiger partial charge in [0.1, 0.15) is 0 Å². The van der Waals surface area contributed by atoms with Crippen molar-refractivity contribution in [2.45, 2.75) is 50.9 Å². The van der Waals surface area contributed by atoms with Crippen molar-refractivity contribution in [2.75, 3.05) is 0 Å². The second-order valence-corrected chi connectivity index (χ2v) is 5.50. The fourth-order valence-corrected chi connectivity index (χ4v) is 2.74. The van der Waals surface area contributed by atoms with Gasteiger partial charge in [-0.15, -0.1) is 0 Å². The maximum absolute atomic E-state index is 11.4. The number of sulfonamides is 1. The molecule has 1 fully saturated rings. The van der Waals surface area contributed by atoms with Crippen molar-refractivity contribution in [3.05, 3.63) is 0 Å². The molecule has 4 nitrogen and oxygen atoms in total. The third-order valence-electron chi connectivity index (χ3n) is 2.08. The molecule has 0 atom stereocenters. The Morgan fingerprint density at radius 3 is 2.31 bits per heavy atom. The van der Waals surface area contributed by atoms with Crippen molar-refractivity contribution < 1.29 is 13.3 Å². The molecule has 77 valence electrons. The van der Waals surface area contributed by atoms with E-state index in [0.29, 0.717) is 0 Å². The van der Waals surface area contributed by atoms with Gasteiger partial charge in [0.05, 0.1) is 11.4 Å². The zero-order valence-corrected chi connectivity index (χ0v) is 8.88. The highest BCUT2D eigenvalue weighted by atomic mass is 32.2. The van der Waals surface area contributed by atoms with Crippen LogP contribution in [-0.2, 0) is 14.9 Å². The normalized spacial score (nSPS) is 19.9. The SMILES string of the molecule is CC(C)O[N]S(=O)(=O)C1CCCC1. The molecular weight excluding hydrogens is 190 g/mol. The first-order valence-electron chi connectivity index (χ1n) is 4.64. The van der Waals surface area contributed by atoms with Crippen LogP contribution in [-0.4, -0.2) is 19.8 Å². The summed E-state index contributed by atoms with van der Waals surface area (Å²) in [5.41, 5.74) is 0. The van der Waals surface area contributed by atoms with Gasteiger partial charge >= 0.3 is 0 Å². The van der Waals surface area contributed by atoms with E-state index in [0.717, 1.165) is 25.7 Å². The largest absolute Gasteiger partial charge is 0.264 e.